The number of methoxy groups -OCH3 is 1. The molecule has 1 aromatic carbocycles. The van der Waals surface area contributed by atoms with Gasteiger partial charge in [-0.15, -0.1) is 0 Å². The van der Waals surface area contributed by atoms with E-state index in [9.17, 15) is 14.0 Å². The molecular formula is C33H43FN4O3. The highest BCUT2D eigenvalue weighted by atomic mass is 19.1. The van der Waals surface area contributed by atoms with Crippen molar-refractivity contribution >= 4 is 22.8 Å². The van der Waals surface area contributed by atoms with Gasteiger partial charge in [-0.2, -0.15) is 0 Å². The molecule has 2 aliphatic rings. The summed E-state index contributed by atoms with van der Waals surface area (Å²) in [7, 11) is 3.23. The van der Waals surface area contributed by atoms with Crippen LogP contribution in [-0.2, 0) is 16.0 Å². The molecule has 1 amide bonds. The summed E-state index contributed by atoms with van der Waals surface area (Å²) in [5.74, 6) is 0.520. The monoisotopic (exact) mass is 562 g/mol. The minimum atomic E-state index is -0.428. The fourth-order valence-corrected chi connectivity index (χ4v) is 6.79. The van der Waals surface area contributed by atoms with Crippen LogP contribution in [0.3, 0.4) is 0 Å². The van der Waals surface area contributed by atoms with Gasteiger partial charge in [-0.05, 0) is 101 Å². The molecule has 3 heterocycles. The lowest BCUT2D eigenvalue weighted by atomic mass is 9.77. The van der Waals surface area contributed by atoms with Crippen LogP contribution in [-0.4, -0.2) is 70.6 Å². The van der Waals surface area contributed by atoms with Crippen LogP contribution in [0.5, 0.6) is 0 Å². The van der Waals surface area contributed by atoms with E-state index in [1.54, 1.807) is 18.0 Å². The van der Waals surface area contributed by atoms with Crippen molar-refractivity contribution < 1.29 is 18.7 Å². The van der Waals surface area contributed by atoms with Crippen molar-refractivity contribution in [3.63, 3.8) is 0 Å². The van der Waals surface area contributed by atoms with Crippen molar-refractivity contribution in [2.75, 3.05) is 27.2 Å². The topological polar surface area (TPSA) is 67.7 Å². The van der Waals surface area contributed by atoms with Crippen LogP contribution in [0.1, 0.15) is 67.9 Å². The Morgan fingerprint density at radius 2 is 1.83 bits per heavy atom. The molecule has 0 radical (unpaired) electrons. The van der Waals surface area contributed by atoms with Gasteiger partial charge in [0.15, 0.2) is 0 Å². The predicted molar refractivity (Wildman–Crippen MR) is 159 cm³/mol. The molecule has 1 atom stereocenters. The van der Waals surface area contributed by atoms with Crippen LogP contribution in [0.4, 0.5) is 4.39 Å². The number of amides is 1. The fourth-order valence-electron chi connectivity index (χ4n) is 6.79. The number of likely N-dealkylation sites (tertiary alicyclic amines) is 1. The first-order chi connectivity index (χ1) is 19.6. The second kappa shape index (κ2) is 11.9. The van der Waals surface area contributed by atoms with Crippen LogP contribution < -0.4 is 0 Å². The summed E-state index contributed by atoms with van der Waals surface area (Å²) < 4.78 is 21.4. The maximum Gasteiger partial charge on any atom is 0.308 e. The normalized spacial score (nSPS) is 20.7. The van der Waals surface area contributed by atoms with Gasteiger partial charge in [0.25, 0.3) is 5.91 Å². The van der Waals surface area contributed by atoms with E-state index < -0.39 is 5.82 Å². The van der Waals surface area contributed by atoms with E-state index in [1.165, 1.54) is 24.8 Å². The average Bonchev–Trinajstić information content (AvgIpc) is 3.32. The van der Waals surface area contributed by atoms with E-state index in [-0.39, 0.29) is 23.8 Å². The summed E-state index contributed by atoms with van der Waals surface area (Å²) in [5, 5.41) is 1.16. The Morgan fingerprint density at radius 3 is 2.49 bits per heavy atom. The van der Waals surface area contributed by atoms with Gasteiger partial charge in [0.05, 0.1) is 36.0 Å². The Hall–Kier alpha value is -3.26. The van der Waals surface area contributed by atoms with Gasteiger partial charge < -0.3 is 14.2 Å². The quantitative estimate of drug-likeness (QED) is 0.325. The number of aryl methyl sites for hydroxylation is 1. The third kappa shape index (κ3) is 5.76. The van der Waals surface area contributed by atoms with Gasteiger partial charge in [0, 0.05) is 50.0 Å². The minimum Gasteiger partial charge on any atom is -0.469 e. The molecule has 1 saturated carbocycles. The lowest BCUT2D eigenvalue weighted by Crippen LogP contribution is -2.54. The van der Waals surface area contributed by atoms with Crippen molar-refractivity contribution in [3.05, 3.63) is 59.3 Å². The van der Waals surface area contributed by atoms with Gasteiger partial charge >= 0.3 is 5.97 Å². The maximum absolute atomic E-state index is 14.4. The first-order valence-corrected chi connectivity index (χ1v) is 14.9. The maximum atomic E-state index is 14.4. The number of hydrogen-bond acceptors (Lipinski definition) is 5. The van der Waals surface area contributed by atoms with Crippen LogP contribution >= 0.6 is 0 Å². The number of halogens is 1. The number of esters is 1. The van der Waals surface area contributed by atoms with Crippen molar-refractivity contribution in [2.45, 2.75) is 71.9 Å². The zero-order chi connectivity index (χ0) is 29.4. The zero-order valence-electron chi connectivity index (χ0n) is 25.2. The standard InChI is InChI=1S/C33H43FN4O3/c1-20(2)36(5)32(39)28-14-27(34)11-12-29(28)38-19-26(31-21(3)15-35-16-30(31)38)13-23-17-37(18-23)22(4)24-7-9-25(10-8-24)33(40)41-6/h11-12,14-16,19-20,22-25H,7-10,13,17-18H2,1-6H3/t22-,24?,25?/m0/s1. The number of fused-ring (bicyclic) bond motifs is 1. The number of aromatic nitrogens is 2. The molecule has 41 heavy (non-hydrogen) atoms. The second-order valence-corrected chi connectivity index (χ2v) is 12.4. The first kappa shape index (κ1) is 29.2. The Balaban J connectivity index is 1.34. The van der Waals surface area contributed by atoms with Gasteiger partial charge in [-0.25, -0.2) is 4.39 Å². The molecule has 1 aliphatic carbocycles. The molecule has 8 heteroatoms. The summed E-state index contributed by atoms with van der Waals surface area (Å²) >= 11 is 0. The Morgan fingerprint density at radius 1 is 1.12 bits per heavy atom. The van der Waals surface area contributed by atoms with E-state index in [1.807, 2.05) is 30.8 Å². The highest BCUT2D eigenvalue weighted by Crippen LogP contribution is 2.37. The van der Waals surface area contributed by atoms with E-state index in [2.05, 4.69) is 29.9 Å². The molecule has 1 saturated heterocycles. The molecule has 2 aromatic heterocycles. The largest absolute Gasteiger partial charge is 0.469 e. The van der Waals surface area contributed by atoms with Crippen LogP contribution in [0, 0.1) is 30.5 Å². The Kier molecular flexibility index (Phi) is 8.50. The Labute approximate surface area is 242 Å². The van der Waals surface area contributed by atoms with E-state index in [4.69, 9.17) is 4.74 Å². The number of ether oxygens (including phenoxy) is 1. The number of benzene rings is 1. The van der Waals surface area contributed by atoms with Crippen LogP contribution in [0.2, 0.25) is 0 Å². The predicted octanol–water partition coefficient (Wildman–Crippen LogP) is 5.80. The van der Waals surface area contributed by atoms with Crippen LogP contribution in [0.15, 0.2) is 36.8 Å². The molecule has 5 rings (SSSR count). The van der Waals surface area contributed by atoms with Crippen LogP contribution in [0.25, 0.3) is 16.6 Å². The molecule has 3 aromatic rings. The zero-order valence-corrected chi connectivity index (χ0v) is 25.2. The summed E-state index contributed by atoms with van der Waals surface area (Å²) in [6, 6.07) is 4.95. The van der Waals surface area contributed by atoms with Gasteiger partial charge in [-0.1, -0.05) is 0 Å². The number of pyridine rings is 1. The van der Waals surface area contributed by atoms with Gasteiger partial charge in [-0.3, -0.25) is 19.5 Å². The number of hydrogen-bond donors (Lipinski definition) is 0. The molecule has 0 unspecified atom stereocenters. The Bertz CT molecular complexity index is 1420. The first-order valence-electron chi connectivity index (χ1n) is 14.9. The van der Waals surface area contributed by atoms with Crippen molar-refractivity contribution in [3.8, 4) is 5.69 Å². The summed E-state index contributed by atoms with van der Waals surface area (Å²) in [6.45, 7) is 10.4. The smallest absolute Gasteiger partial charge is 0.308 e. The van der Waals surface area contributed by atoms with Crippen molar-refractivity contribution in [1.29, 1.82) is 0 Å². The van der Waals surface area contributed by atoms with Crippen molar-refractivity contribution in [2.24, 2.45) is 17.8 Å². The highest BCUT2D eigenvalue weighted by Gasteiger charge is 2.37. The molecule has 0 N–H and O–H groups in total. The molecule has 0 spiro atoms. The SMILES string of the molecule is COC(=O)C1CCC([C@H](C)N2CC(Cc3cn(-c4ccc(F)cc4C(=O)N(C)C(C)C)c4cncc(C)c34)C2)CC1. The molecule has 1 aliphatic heterocycles. The fraction of sp³-hybridized carbons (Fsp3) is 0.545. The molecule has 7 nitrogen and oxygen atoms in total. The lowest BCUT2D eigenvalue weighted by molar-refractivity contribution is -0.147. The third-order valence-electron chi connectivity index (χ3n) is 9.58. The molecule has 0 bridgehead atoms. The summed E-state index contributed by atoms with van der Waals surface area (Å²) in [4.78, 5) is 34.0. The molecular weight excluding hydrogens is 519 g/mol. The van der Waals surface area contributed by atoms with E-state index in [0.29, 0.717) is 29.1 Å². The minimum absolute atomic E-state index is 0.00802. The number of carbonyl (C=O) groups excluding carboxylic acids is 2. The summed E-state index contributed by atoms with van der Waals surface area (Å²) in [6.07, 6.45) is 10.8. The number of rotatable bonds is 8. The van der Waals surface area contributed by atoms with Gasteiger partial charge in [0.1, 0.15) is 5.82 Å². The third-order valence-corrected chi connectivity index (χ3v) is 9.58. The average molecular weight is 563 g/mol. The number of nitrogens with zero attached hydrogens (tertiary/aromatic N) is 4. The van der Waals surface area contributed by atoms with E-state index in [0.717, 1.165) is 61.7 Å². The van der Waals surface area contributed by atoms with Crippen molar-refractivity contribution in [1.82, 2.24) is 19.4 Å². The molecule has 220 valence electrons. The molecule has 2 fully saturated rings. The lowest BCUT2D eigenvalue weighted by Gasteiger charge is -2.47. The highest BCUT2D eigenvalue weighted by molar-refractivity contribution is 5.99. The van der Waals surface area contributed by atoms with Gasteiger partial charge in [0.2, 0.25) is 0 Å². The summed E-state index contributed by atoms with van der Waals surface area (Å²) in [5.41, 5.74) is 4.27. The number of carbonyl (C=O) groups is 2. The second-order valence-electron chi connectivity index (χ2n) is 12.4. The van der Waals surface area contributed by atoms with E-state index >= 15 is 0 Å².